The number of nitrogens with two attached hydrogens (primary N) is 1. The number of aryl methyl sites for hydroxylation is 1. The maximum absolute atomic E-state index is 6.34. The van der Waals surface area contributed by atoms with Gasteiger partial charge in [0.15, 0.2) is 5.82 Å². The predicted octanol–water partition coefficient (Wildman–Crippen LogP) is 3.65. The van der Waals surface area contributed by atoms with Gasteiger partial charge in [-0.3, -0.25) is 4.90 Å². The first-order chi connectivity index (χ1) is 14.9. The smallest absolute Gasteiger partial charge is 0.152 e. The third-order valence-electron chi connectivity index (χ3n) is 6.25. The molecular formula is C23H28N6OS. The highest BCUT2D eigenvalue weighted by molar-refractivity contribution is 7.22. The summed E-state index contributed by atoms with van der Waals surface area (Å²) < 4.78 is 8.69. The lowest BCUT2D eigenvalue weighted by atomic mass is 10.1. The largest absolute Gasteiger partial charge is 0.495 e. The van der Waals surface area contributed by atoms with Crippen molar-refractivity contribution in [3.05, 3.63) is 41.9 Å². The van der Waals surface area contributed by atoms with E-state index in [0.717, 1.165) is 41.2 Å². The van der Waals surface area contributed by atoms with Gasteiger partial charge in [-0.15, -0.1) is 11.3 Å². The summed E-state index contributed by atoms with van der Waals surface area (Å²) in [5.74, 6) is 1.42. The number of likely N-dealkylation sites (tertiary alicyclic amines) is 1. The maximum Gasteiger partial charge on any atom is 0.152 e. The van der Waals surface area contributed by atoms with E-state index in [0.29, 0.717) is 11.9 Å². The molecule has 4 heterocycles. The Hall–Kier alpha value is -2.68. The molecule has 1 fully saturated rings. The van der Waals surface area contributed by atoms with Crippen LogP contribution in [0.1, 0.15) is 17.5 Å². The zero-order chi connectivity index (χ0) is 21.7. The van der Waals surface area contributed by atoms with Gasteiger partial charge < -0.3 is 15.4 Å². The fourth-order valence-corrected chi connectivity index (χ4v) is 5.85. The maximum atomic E-state index is 6.34. The predicted molar refractivity (Wildman–Crippen MR) is 127 cm³/mol. The number of ether oxygens (including phenoxy) is 1. The molecule has 1 aliphatic heterocycles. The Morgan fingerprint density at radius 1 is 1.29 bits per heavy atom. The fraction of sp³-hybridized carbons (Fsp3) is 0.391. The molecule has 3 aromatic heterocycles. The van der Waals surface area contributed by atoms with Crippen LogP contribution in [0.2, 0.25) is 0 Å². The van der Waals surface area contributed by atoms with Crippen LogP contribution in [0.25, 0.3) is 26.0 Å². The van der Waals surface area contributed by atoms with Crippen LogP contribution in [0, 0.1) is 6.92 Å². The van der Waals surface area contributed by atoms with Gasteiger partial charge in [0.2, 0.25) is 0 Å². The molecule has 1 atom stereocenters. The van der Waals surface area contributed by atoms with Crippen molar-refractivity contribution in [2.75, 3.05) is 40.0 Å². The van der Waals surface area contributed by atoms with E-state index in [1.807, 2.05) is 4.52 Å². The lowest BCUT2D eigenvalue weighted by Crippen LogP contribution is -2.31. The van der Waals surface area contributed by atoms with Crippen LogP contribution < -0.4 is 10.5 Å². The molecule has 0 spiro atoms. The molecule has 8 heteroatoms. The summed E-state index contributed by atoms with van der Waals surface area (Å²) in [5.41, 5.74) is 10.8. The number of aromatic nitrogens is 3. The normalized spacial score (nSPS) is 17.4. The molecule has 0 unspecified atom stereocenters. The van der Waals surface area contributed by atoms with Gasteiger partial charge in [0.25, 0.3) is 0 Å². The molecule has 0 radical (unpaired) electrons. The Balaban J connectivity index is 1.64. The minimum atomic E-state index is 0.504. The standard InChI is InChI=1S/C23H28N6OS/c1-14-7-15-9-19(31-22(15)18(8-14)30-4)20-16(10-28-6-5-17(12-28)27(2)3)11-29-21(20)23(24)25-13-26-29/h7-9,11,13,17H,5-6,10,12H2,1-4H3,(H2,24,25,26)/t17-/m0/s1. The summed E-state index contributed by atoms with van der Waals surface area (Å²) in [6, 6.07) is 7.14. The quantitative estimate of drug-likeness (QED) is 0.515. The van der Waals surface area contributed by atoms with E-state index in [1.54, 1.807) is 18.4 Å². The highest BCUT2D eigenvalue weighted by Crippen LogP contribution is 2.43. The Bertz CT molecular complexity index is 1260. The second-order valence-corrected chi connectivity index (χ2v) is 9.66. The first-order valence-electron chi connectivity index (χ1n) is 10.5. The lowest BCUT2D eigenvalue weighted by molar-refractivity contribution is 0.265. The molecule has 5 rings (SSSR count). The number of fused-ring (bicyclic) bond motifs is 2. The summed E-state index contributed by atoms with van der Waals surface area (Å²) >= 11 is 1.74. The van der Waals surface area contributed by atoms with Gasteiger partial charge in [-0.25, -0.2) is 9.50 Å². The van der Waals surface area contributed by atoms with Crippen molar-refractivity contribution in [2.24, 2.45) is 0 Å². The first-order valence-corrected chi connectivity index (χ1v) is 11.3. The summed E-state index contributed by atoms with van der Waals surface area (Å²) in [6.45, 7) is 5.13. The van der Waals surface area contributed by atoms with Crippen LogP contribution in [-0.2, 0) is 6.54 Å². The molecule has 0 amide bonds. The van der Waals surface area contributed by atoms with E-state index in [9.17, 15) is 0 Å². The highest BCUT2D eigenvalue weighted by Gasteiger charge is 2.27. The molecular weight excluding hydrogens is 408 g/mol. The summed E-state index contributed by atoms with van der Waals surface area (Å²) in [7, 11) is 6.05. The van der Waals surface area contributed by atoms with E-state index >= 15 is 0 Å². The molecule has 2 N–H and O–H groups in total. The Labute approximate surface area is 186 Å². The van der Waals surface area contributed by atoms with Crippen molar-refractivity contribution in [2.45, 2.75) is 25.9 Å². The topological polar surface area (TPSA) is 71.9 Å². The Kier molecular flexibility index (Phi) is 5.08. The van der Waals surface area contributed by atoms with Crippen molar-refractivity contribution in [1.29, 1.82) is 0 Å². The number of benzene rings is 1. The van der Waals surface area contributed by atoms with E-state index in [2.05, 4.69) is 65.3 Å². The zero-order valence-electron chi connectivity index (χ0n) is 18.4. The number of likely N-dealkylation sites (N-methyl/N-ethyl adjacent to an activating group) is 1. The van der Waals surface area contributed by atoms with Crippen LogP contribution in [0.15, 0.2) is 30.7 Å². The number of hydrogen-bond donors (Lipinski definition) is 1. The molecule has 0 saturated carbocycles. The van der Waals surface area contributed by atoms with Gasteiger partial charge in [0.05, 0.1) is 11.8 Å². The molecule has 31 heavy (non-hydrogen) atoms. The van der Waals surface area contributed by atoms with Crippen molar-refractivity contribution in [3.8, 4) is 16.2 Å². The highest BCUT2D eigenvalue weighted by atomic mass is 32.1. The summed E-state index contributed by atoms with van der Waals surface area (Å²) in [5, 5.41) is 5.63. The average Bonchev–Trinajstić information content (AvgIpc) is 3.44. The number of hydrogen-bond acceptors (Lipinski definition) is 7. The Morgan fingerprint density at radius 3 is 2.87 bits per heavy atom. The number of rotatable bonds is 5. The SMILES string of the molecule is COc1cc(C)cc2cc(-c3c(CN4CC[C@H](N(C)C)C4)cn4ncnc(N)c34)sc12. The van der Waals surface area contributed by atoms with E-state index in [1.165, 1.54) is 34.1 Å². The molecule has 1 aliphatic rings. The summed E-state index contributed by atoms with van der Waals surface area (Å²) in [6.07, 6.45) is 4.82. The van der Waals surface area contributed by atoms with Gasteiger partial charge >= 0.3 is 0 Å². The van der Waals surface area contributed by atoms with Gasteiger partial charge in [0, 0.05) is 42.3 Å². The van der Waals surface area contributed by atoms with Crippen LogP contribution >= 0.6 is 11.3 Å². The minimum Gasteiger partial charge on any atom is -0.495 e. The molecule has 1 aromatic carbocycles. The van der Waals surface area contributed by atoms with Gasteiger partial charge in [0.1, 0.15) is 17.6 Å². The van der Waals surface area contributed by atoms with Crippen LogP contribution in [0.5, 0.6) is 5.75 Å². The first kappa shape index (κ1) is 20.2. The number of methoxy groups -OCH3 is 1. The van der Waals surface area contributed by atoms with Gasteiger partial charge in [-0.05, 0) is 56.1 Å². The fourth-order valence-electron chi connectivity index (χ4n) is 4.64. The summed E-state index contributed by atoms with van der Waals surface area (Å²) in [4.78, 5) is 10.3. The lowest BCUT2D eigenvalue weighted by Gasteiger charge is -2.20. The second-order valence-electron chi connectivity index (χ2n) is 8.61. The van der Waals surface area contributed by atoms with Gasteiger partial charge in [-0.2, -0.15) is 5.10 Å². The Morgan fingerprint density at radius 2 is 2.13 bits per heavy atom. The van der Waals surface area contributed by atoms with E-state index in [-0.39, 0.29) is 0 Å². The van der Waals surface area contributed by atoms with E-state index in [4.69, 9.17) is 10.5 Å². The zero-order valence-corrected chi connectivity index (χ0v) is 19.2. The molecule has 7 nitrogen and oxygen atoms in total. The molecule has 0 aliphatic carbocycles. The van der Waals surface area contributed by atoms with Crippen molar-refractivity contribution in [1.82, 2.24) is 24.4 Å². The van der Waals surface area contributed by atoms with Crippen LogP contribution in [0.4, 0.5) is 5.82 Å². The minimum absolute atomic E-state index is 0.504. The van der Waals surface area contributed by atoms with Crippen molar-refractivity contribution < 1.29 is 4.74 Å². The number of anilines is 1. The molecule has 1 saturated heterocycles. The third-order valence-corrected chi connectivity index (χ3v) is 7.43. The third kappa shape index (κ3) is 3.54. The number of nitrogen functional groups attached to an aromatic ring is 1. The number of nitrogens with zero attached hydrogens (tertiary/aromatic N) is 5. The molecule has 4 aromatic rings. The van der Waals surface area contributed by atoms with Crippen LogP contribution in [0.3, 0.4) is 0 Å². The molecule has 0 bridgehead atoms. The molecule has 162 valence electrons. The average molecular weight is 437 g/mol. The number of thiophene rings is 1. The van der Waals surface area contributed by atoms with Crippen molar-refractivity contribution in [3.63, 3.8) is 0 Å². The second kappa shape index (κ2) is 7.78. The van der Waals surface area contributed by atoms with E-state index < -0.39 is 0 Å². The van der Waals surface area contributed by atoms with Gasteiger partial charge in [-0.1, -0.05) is 6.07 Å². The van der Waals surface area contributed by atoms with Crippen molar-refractivity contribution >= 4 is 32.8 Å². The monoisotopic (exact) mass is 436 g/mol. The van der Waals surface area contributed by atoms with Crippen LogP contribution in [-0.4, -0.2) is 64.7 Å².